The Labute approximate surface area is 156 Å². The molecular weight excluding hydrogens is 380 g/mol. The molecule has 7 nitrogen and oxygen atoms in total. The van der Waals surface area contributed by atoms with Crippen molar-refractivity contribution < 1.29 is 22.7 Å². The van der Waals surface area contributed by atoms with E-state index in [0.29, 0.717) is 11.4 Å². The first-order valence-corrected chi connectivity index (χ1v) is 9.28. The molecule has 2 aromatic carbocycles. The highest BCUT2D eigenvalue weighted by molar-refractivity contribution is 7.92. The predicted molar refractivity (Wildman–Crippen MR) is 99.1 cm³/mol. The van der Waals surface area contributed by atoms with Crippen molar-refractivity contribution >= 4 is 44.1 Å². The molecule has 9 heteroatoms. The minimum absolute atomic E-state index is 0.0488. The Kier molecular flexibility index (Phi) is 6.23. The van der Waals surface area contributed by atoms with Gasteiger partial charge in [0.15, 0.2) is 0 Å². The van der Waals surface area contributed by atoms with Crippen LogP contribution in [0.1, 0.15) is 6.92 Å². The van der Waals surface area contributed by atoms with Gasteiger partial charge >= 0.3 is 0 Å². The molecule has 0 aromatic heterocycles. The molecule has 0 aliphatic rings. The summed E-state index contributed by atoms with van der Waals surface area (Å²) < 4.78 is 32.0. The van der Waals surface area contributed by atoms with E-state index < -0.39 is 21.8 Å². The van der Waals surface area contributed by atoms with Gasteiger partial charge in [0, 0.05) is 18.7 Å². The molecule has 0 saturated carbocycles. The molecule has 0 aliphatic carbocycles. The molecule has 0 bridgehead atoms. The number of ether oxygens (including phenoxy) is 1. The van der Waals surface area contributed by atoms with Gasteiger partial charge in [-0.15, -0.1) is 0 Å². The molecule has 0 spiro atoms. The van der Waals surface area contributed by atoms with E-state index >= 15 is 0 Å². The standard InChI is InChI=1S/C17H17ClN2O5S/c1-12(21)19-13-6-8-16(9-7-13)26(23,24)20(11-17(18)22)14-4-3-5-15(10-14)25-2/h3-10H,11H2,1-2H3,(H,19,21). The van der Waals surface area contributed by atoms with Crippen molar-refractivity contribution in [2.75, 3.05) is 23.3 Å². The van der Waals surface area contributed by atoms with E-state index in [2.05, 4.69) is 5.32 Å². The normalized spacial score (nSPS) is 10.9. The highest BCUT2D eigenvalue weighted by Gasteiger charge is 2.27. The zero-order valence-corrected chi connectivity index (χ0v) is 15.7. The third-order valence-corrected chi connectivity index (χ3v) is 5.28. The Morgan fingerprint density at radius 2 is 1.81 bits per heavy atom. The van der Waals surface area contributed by atoms with Crippen molar-refractivity contribution in [3.8, 4) is 5.75 Å². The first kappa shape index (κ1) is 19.7. The monoisotopic (exact) mass is 396 g/mol. The summed E-state index contributed by atoms with van der Waals surface area (Å²) in [6, 6.07) is 11.9. The number of amides is 1. The van der Waals surface area contributed by atoms with E-state index in [1.807, 2.05) is 0 Å². The second-order valence-corrected chi connectivity index (χ2v) is 7.56. The Morgan fingerprint density at radius 1 is 1.15 bits per heavy atom. The number of hydrogen-bond donors (Lipinski definition) is 1. The van der Waals surface area contributed by atoms with Gasteiger partial charge in [0.2, 0.25) is 11.1 Å². The summed E-state index contributed by atoms with van der Waals surface area (Å²) in [5, 5.41) is 1.72. The average molecular weight is 397 g/mol. The van der Waals surface area contributed by atoms with E-state index in [1.165, 1.54) is 50.4 Å². The van der Waals surface area contributed by atoms with Crippen molar-refractivity contribution in [1.82, 2.24) is 0 Å². The molecule has 0 heterocycles. The minimum Gasteiger partial charge on any atom is -0.497 e. The number of anilines is 2. The van der Waals surface area contributed by atoms with Crippen LogP contribution in [-0.4, -0.2) is 33.2 Å². The van der Waals surface area contributed by atoms with Gasteiger partial charge in [-0.1, -0.05) is 6.07 Å². The van der Waals surface area contributed by atoms with Crippen LogP contribution < -0.4 is 14.4 Å². The summed E-state index contributed by atoms with van der Waals surface area (Å²) in [5.41, 5.74) is 0.696. The SMILES string of the molecule is COc1cccc(N(CC(=O)Cl)S(=O)(=O)c2ccc(NC(C)=O)cc2)c1. The molecule has 138 valence electrons. The molecule has 0 atom stereocenters. The third-order valence-electron chi connectivity index (χ3n) is 3.37. The number of halogens is 1. The number of benzene rings is 2. The predicted octanol–water partition coefficient (Wildman–Crippen LogP) is 2.61. The average Bonchev–Trinajstić information content (AvgIpc) is 2.59. The first-order valence-electron chi connectivity index (χ1n) is 7.47. The van der Waals surface area contributed by atoms with Crippen LogP contribution in [0.15, 0.2) is 53.4 Å². The second-order valence-electron chi connectivity index (χ2n) is 5.27. The summed E-state index contributed by atoms with van der Waals surface area (Å²) in [6.07, 6.45) is 0. The number of rotatable bonds is 7. The summed E-state index contributed by atoms with van der Waals surface area (Å²) in [6.45, 7) is 0.811. The van der Waals surface area contributed by atoms with E-state index in [-0.39, 0.29) is 16.5 Å². The van der Waals surface area contributed by atoms with Crippen LogP contribution in [0.25, 0.3) is 0 Å². The van der Waals surface area contributed by atoms with Crippen LogP contribution in [0, 0.1) is 0 Å². The molecule has 0 radical (unpaired) electrons. The number of carbonyl (C=O) groups is 2. The maximum atomic E-state index is 13.0. The zero-order chi connectivity index (χ0) is 19.3. The third kappa shape index (κ3) is 4.74. The van der Waals surface area contributed by atoms with Gasteiger partial charge in [0.25, 0.3) is 10.0 Å². The van der Waals surface area contributed by atoms with Gasteiger partial charge in [0.1, 0.15) is 12.3 Å². The summed E-state index contributed by atoms with van der Waals surface area (Å²) >= 11 is 5.45. The smallest absolute Gasteiger partial charge is 0.264 e. The fourth-order valence-electron chi connectivity index (χ4n) is 2.23. The van der Waals surface area contributed by atoms with Gasteiger partial charge < -0.3 is 10.1 Å². The molecule has 26 heavy (non-hydrogen) atoms. The zero-order valence-electron chi connectivity index (χ0n) is 14.1. The van der Waals surface area contributed by atoms with E-state index in [0.717, 1.165) is 4.31 Å². The van der Waals surface area contributed by atoms with Gasteiger partial charge in [-0.05, 0) is 48.0 Å². The summed E-state index contributed by atoms with van der Waals surface area (Å²) in [5.74, 6) is 0.164. The Bertz CT molecular complexity index is 913. The molecule has 0 fully saturated rings. The van der Waals surface area contributed by atoms with Crippen LogP contribution in [0.4, 0.5) is 11.4 Å². The number of nitrogens with one attached hydrogen (secondary N) is 1. The maximum Gasteiger partial charge on any atom is 0.264 e. The molecule has 0 aliphatic heterocycles. The Morgan fingerprint density at radius 3 is 2.35 bits per heavy atom. The number of hydrogen-bond acceptors (Lipinski definition) is 5. The first-order chi connectivity index (χ1) is 12.2. The fraction of sp³-hybridized carbons (Fsp3) is 0.176. The van der Waals surface area contributed by atoms with Gasteiger partial charge in [-0.25, -0.2) is 8.42 Å². The summed E-state index contributed by atoms with van der Waals surface area (Å²) in [4.78, 5) is 22.4. The van der Waals surface area contributed by atoms with Crippen LogP contribution in [0.2, 0.25) is 0 Å². The lowest BCUT2D eigenvalue weighted by molar-refractivity contribution is -0.114. The molecule has 1 amide bonds. The van der Waals surface area contributed by atoms with Crippen molar-refractivity contribution in [3.05, 3.63) is 48.5 Å². The van der Waals surface area contributed by atoms with Crippen LogP contribution in [0.5, 0.6) is 5.75 Å². The number of sulfonamides is 1. The Hall–Kier alpha value is -2.58. The minimum atomic E-state index is -4.06. The highest BCUT2D eigenvalue weighted by Crippen LogP contribution is 2.27. The second kappa shape index (κ2) is 8.20. The highest BCUT2D eigenvalue weighted by atomic mass is 35.5. The van der Waals surface area contributed by atoms with Crippen LogP contribution in [-0.2, 0) is 19.6 Å². The number of carbonyl (C=O) groups excluding carboxylic acids is 2. The summed E-state index contributed by atoms with van der Waals surface area (Å²) in [7, 11) is -2.61. The van der Waals surface area contributed by atoms with Crippen LogP contribution >= 0.6 is 11.6 Å². The van der Waals surface area contributed by atoms with Gasteiger partial charge in [0.05, 0.1) is 17.7 Å². The number of nitrogens with zero attached hydrogens (tertiary/aromatic N) is 1. The van der Waals surface area contributed by atoms with Gasteiger partial charge in [-0.3, -0.25) is 13.9 Å². The van der Waals surface area contributed by atoms with Gasteiger partial charge in [-0.2, -0.15) is 0 Å². The van der Waals surface area contributed by atoms with E-state index in [4.69, 9.17) is 16.3 Å². The lowest BCUT2D eigenvalue weighted by Crippen LogP contribution is -2.34. The molecule has 2 rings (SSSR count). The van der Waals surface area contributed by atoms with Crippen molar-refractivity contribution in [1.29, 1.82) is 0 Å². The quantitative estimate of drug-likeness (QED) is 0.726. The lowest BCUT2D eigenvalue weighted by atomic mass is 10.3. The largest absolute Gasteiger partial charge is 0.497 e. The van der Waals surface area contributed by atoms with E-state index in [1.54, 1.807) is 12.1 Å². The Balaban J connectivity index is 2.45. The molecule has 0 unspecified atom stereocenters. The number of methoxy groups -OCH3 is 1. The molecule has 0 saturated heterocycles. The van der Waals surface area contributed by atoms with Crippen molar-refractivity contribution in [2.24, 2.45) is 0 Å². The molecule has 2 aromatic rings. The lowest BCUT2D eigenvalue weighted by Gasteiger charge is -2.23. The van der Waals surface area contributed by atoms with E-state index in [9.17, 15) is 18.0 Å². The topological polar surface area (TPSA) is 92.8 Å². The van der Waals surface area contributed by atoms with Crippen LogP contribution in [0.3, 0.4) is 0 Å². The van der Waals surface area contributed by atoms with Crippen molar-refractivity contribution in [3.63, 3.8) is 0 Å². The molecule has 1 N–H and O–H groups in total. The van der Waals surface area contributed by atoms with Crippen molar-refractivity contribution in [2.45, 2.75) is 11.8 Å². The maximum absolute atomic E-state index is 13.0. The fourth-order valence-corrected chi connectivity index (χ4v) is 3.84. The molecular formula is C17H17ClN2O5S.